The first-order chi connectivity index (χ1) is 11.6. The van der Waals surface area contributed by atoms with Gasteiger partial charge < -0.3 is 14.6 Å². The lowest BCUT2D eigenvalue weighted by molar-refractivity contribution is -0.131. The molecule has 0 aromatic heterocycles. The number of rotatable bonds is 8. The Bertz CT molecular complexity index is 733. The molecular formula is C20H20O4. The first kappa shape index (κ1) is 17.3. The molecule has 2 aromatic carbocycles. The Hall–Kier alpha value is -3.01. The van der Waals surface area contributed by atoms with E-state index in [-0.39, 0.29) is 0 Å². The predicted octanol–water partition coefficient (Wildman–Crippen LogP) is 4.10. The molecule has 0 heterocycles. The molecule has 0 amide bonds. The van der Waals surface area contributed by atoms with E-state index in [1.807, 2.05) is 36.4 Å². The molecule has 0 bridgehead atoms. The fourth-order valence-electron chi connectivity index (χ4n) is 2.30. The van der Waals surface area contributed by atoms with E-state index in [0.717, 1.165) is 22.8 Å². The Morgan fingerprint density at radius 3 is 2.62 bits per heavy atom. The largest absolute Gasteiger partial charge is 0.493 e. The van der Waals surface area contributed by atoms with Crippen LogP contribution in [0.1, 0.15) is 16.7 Å². The van der Waals surface area contributed by atoms with Crippen molar-refractivity contribution < 1.29 is 19.4 Å². The van der Waals surface area contributed by atoms with E-state index in [1.54, 1.807) is 19.3 Å². The molecule has 0 aliphatic carbocycles. The molecule has 0 saturated heterocycles. The monoisotopic (exact) mass is 324 g/mol. The van der Waals surface area contributed by atoms with Crippen LogP contribution in [0.2, 0.25) is 0 Å². The molecule has 0 saturated carbocycles. The van der Waals surface area contributed by atoms with Gasteiger partial charge in [0.05, 0.1) is 7.11 Å². The fourth-order valence-corrected chi connectivity index (χ4v) is 2.30. The van der Waals surface area contributed by atoms with Crippen molar-refractivity contribution in [3.8, 4) is 11.5 Å². The average molecular weight is 324 g/mol. The summed E-state index contributed by atoms with van der Waals surface area (Å²) in [5.41, 5.74) is 2.68. The number of ether oxygens (including phenoxy) is 2. The van der Waals surface area contributed by atoms with Gasteiger partial charge in [0.1, 0.15) is 6.61 Å². The van der Waals surface area contributed by atoms with E-state index >= 15 is 0 Å². The summed E-state index contributed by atoms with van der Waals surface area (Å²) in [6.07, 6.45) is 4.99. The van der Waals surface area contributed by atoms with Gasteiger partial charge >= 0.3 is 5.97 Å². The van der Waals surface area contributed by atoms with Gasteiger partial charge in [-0.25, -0.2) is 4.79 Å². The van der Waals surface area contributed by atoms with E-state index in [1.165, 1.54) is 6.08 Å². The second kappa shape index (κ2) is 8.58. The van der Waals surface area contributed by atoms with Crippen LogP contribution in [0, 0.1) is 0 Å². The highest BCUT2D eigenvalue weighted by molar-refractivity contribution is 5.85. The molecule has 0 atom stereocenters. The van der Waals surface area contributed by atoms with Crippen molar-refractivity contribution in [3.05, 3.63) is 77.9 Å². The highest BCUT2D eigenvalue weighted by Crippen LogP contribution is 2.34. The summed E-state index contributed by atoms with van der Waals surface area (Å²) in [4.78, 5) is 10.7. The molecular weight excluding hydrogens is 304 g/mol. The number of carboxylic acid groups (broad SMARTS) is 1. The summed E-state index contributed by atoms with van der Waals surface area (Å²) in [7, 11) is 1.56. The minimum Gasteiger partial charge on any atom is -0.493 e. The minimum atomic E-state index is -0.997. The number of hydrogen-bond acceptors (Lipinski definition) is 3. The first-order valence-electron chi connectivity index (χ1n) is 7.53. The number of carboxylic acids is 1. The van der Waals surface area contributed by atoms with E-state index in [2.05, 4.69) is 6.58 Å². The lowest BCUT2D eigenvalue weighted by atomic mass is 10.0. The van der Waals surface area contributed by atoms with Gasteiger partial charge in [-0.1, -0.05) is 36.4 Å². The zero-order chi connectivity index (χ0) is 17.4. The molecule has 0 radical (unpaired) electrons. The van der Waals surface area contributed by atoms with Crippen molar-refractivity contribution >= 4 is 12.0 Å². The highest BCUT2D eigenvalue weighted by Gasteiger charge is 2.12. The predicted molar refractivity (Wildman–Crippen MR) is 94.3 cm³/mol. The maximum atomic E-state index is 10.7. The summed E-state index contributed by atoms with van der Waals surface area (Å²) in [6.45, 7) is 4.19. The second-order valence-electron chi connectivity index (χ2n) is 5.15. The molecule has 2 rings (SSSR count). The lowest BCUT2D eigenvalue weighted by Gasteiger charge is -2.16. The molecule has 4 heteroatoms. The molecule has 0 fully saturated rings. The summed E-state index contributed by atoms with van der Waals surface area (Å²) >= 11 is 0. The Labute approximate surface area is 141 Å². The molecule has 0 unspecified atom stereocenters. The van der Waals surface area contributed by atoms with Crippen LogP contribution in [-0.2, 0) is 17.8 Å². The van der Waals surface area contributed by atoms with Crippen LogP contribution in [0.25, 0.3) is 6.08 Å². The number of benzene rings is 2. The van der Waals surface area contributed by atoms with Gasteiger partial charge in [-0.3, -0.25) is 0 Å². The van der Waals surface area contributed by atoms with Crippen LogP contribution in [0.15, 0.2) is 61.2 Å². The van der Waals surface area contributed by atoms with Crippen LogP contribution in [-0.4, -0.2) is 18.2 Å². The molecule has 24 heavy (non-hydrogen) atoms. The Morgan fingerprint density at radius 2 is 2.00 bits per heavy atom. The Morgan fingerprint density at radius 1 is 1.25 bits per heavy atom. The summed E-state index contributed by atoms with van der Waals surface area (Å²) in [6, 6.07) is 13.5. The zero-order valence-corrected chi connectivity index (χ0v) is 13.6. The quantitative estimate of drug-likeness (QED) is 0.587. The maximum absolute atomic E-state index is 10.7. The third-order valence-electron chi connectivity index (χ3n) is 3.38. The van der Waals surface area contributed by atoms with Crippen molar-refractivity contribution in [2.75, 3.05) is 7.11 Å². The van der Waals surface area contributed by atoms with Gasteiger partial charge in [0.2, 0.25) is 0 Å². The highest BCUT2D eigenvalue weighted by atomic mass is 16.5. The zero-order valence-electron chi connectivity index (χ0n) is 13.6. The smallest absolute Gasteiger partial charge is 0.328 e. The van der Waals surface area contributed by atoms with Gasteiger partial charge in [0, 0.05) is 11.6 Å². The Kier molecular flexibility index (Phi) is 6.20. The summed E-state index contributed by atoms with van der Waals surface area (Å²) in [5, 5.41) is 8.78. The number of methoxy groups -OCH3 is 1. The standard InChI is InChI=1S/C20H20O4/c1-3-7-17-12-16(10-11-19(21)22)13-18(23-2)20(17)24-14-15-8-5-4-6-9-15/h3-6,8-13H,1,7,14H2,2H3,(H,21,22). The van der Waals surface area contributed by atoms with Crippen LogP contribution in [0.5, 0.6) is 11.5 Å². The van der Waals surface area contributed by atoms with Gasteiger partial charge in [0.25, 0.3) is 0 Å². The first-order valence-corrected chi connectivity index (χ1v) is 7.53. The van der Waals surface area contributed by atoms with Gasteiger partial charge in [-0.2, -0.15) is 0 Å². The number of carbonyl (C=O) groups is 1. The van der Waals surface area contributed by atoms with E-state index in [0.29, 0.717) is 24.5 Å². The van der Waals surface area contributed by atoms with E-state index in [4.69, 9.17) is 14.6 Å². The van der Waals surface area contributed by atoms with Crippen molar-refractivity contribution in [2.24, 2.45) is 0 Å². The van der Waals surface area contributed by atoms with E-state index < -0.39 is 5.97 Å². The van der Waals surface area contributed by atoms with Crippen molar-refractivity contribution in [3.63, 3.8) is 0 Å². The number of allylic oxidation sites excluding steroid dienone is 1. The summed E-state index contributed by atoms with van der Waals surface area (Å²) in [5.74, 6) is 0.215. The molecule has 0 aliphatic rings. The normalized spacial score (nSPS) is 10.5. The van der Waals surface area contributed by atoms with Crippen LogP contribution in [0.3, 0.4) is 0 Å². The number of aliphatic carboxylic acids is 1. The maximum Gasteiger partial charge on any atom is 0.328 e. The molecule has 1 N–H and O–H groups in total. The van der Waals surface area contributed by atoms with Crippen molar-refractivity contribution in [1.29, 1.82) is 0 Å². The molecule has 0 spiro atoms. The van der Waals surface area contributed by atoms with Crippen molar-refractivity contribution in [2.45, 2.75) is 13.0 Å². The van der Waals surface area contributed by atoms with Crippen molar-refractivity contribution in [1.82, 2.24) is 0 Å². The van der Waals surface area contributed by atoms with E-state index in [9.17, 15) is 4.79 Å². The van der Waals surface area contributed by atoms with Crippen LogP contribution in [0.4, 0.5) is 0 Å². The molecule has 4 nitrogen and oxygen atoms in total. The van der Waals surface area contributed by atoms with Crippen LogP contribution < -0.4 is 9.47 Å². The number of hydrogen-bond donors (Lipinski definition) is 1. The lowest BCUT2D eigenvalue weighted by Crippen LogP contribution is -2.01. The van der Waals surface area contributed by atoms with Crippen LogP contribution >= 0.6 is 0 Å². The second-order valence-corrected chi connectivity index (χ2v) is 5.15. The SMILES string of the molecule is C=CCc1cc(C=CC(=O)O)cc(OC)c1OCc1ccccc1. The Balaban J connectivity index is 2.33. The third-order valence-corrected chi connectivity index (χ3v) is 3.38. The molecule has 0 aliphatic heterocycles. The minimum absolute atomic E-state index is 0.422. The molecule has 2 aromatic rings. The third kappa shape index (κ3) is 4.74. The topological polar surface area (TPSA) is 55.8 Å². The van der Waals surface area contributed by atoms with Gasteiger partial charge in [0.15, 0.2) is 11.5 Å². The van der Waals surface area contributed by atoms with Gasteiger partial charge in [-0.05, 0) is 35.8 Å². The average Bonchev–Trinajstić information content (AvgIpc) is 2.59. The van der Waals surface area contributed by atoms with Gasteiger partial charge in [-0.15, -0.1) is 6.58 Å². The molecule has 124 valence electrons. The fraction of sp³-hybridized carbons (Fsp3) is 0.150. The summed E-state index contributed by atoms with van der Waals surface area (Å²) < 4.78 is 11.4.